The van der Waals surface area contributed by atoms with Crippen LogP contribution in [0.15, 0.2) is 17.0 Å². The topological polar surface area (TPSA) is 52.6 Å². The standard InChI is InChI=1S/C10H11ClO4S/c1-2-16(12,13)10-6-9-8(5-7(10)11)14-3-4-15-9/h5-6H,2-4H2,1H3. The second-order valence-corrected chi connectivity index (χ2v) is 5.98. The van der Waals surface area contributed by atoms with Crippen LogP contribution in [-0.4, -0.2) is 27.4 Å². The van der Waals surface area contributed by atoms with Crippen LogP contribution >= 0.6 is 11.6 Å². The molecule has 0 spiro atoms. The fourth-order valence-corrected chi connectivity index (χ4v) is 2.90. The molecular weight excluding hydrogens is 252 g/mol. The van der Waals surface area contributed by atoms with Gasteiger partial charge in [0.25, 0.3) is 0 Å². The predicted octanol–water partition coefficient (Wildman–Crippen LogP) is 1.90. The summed E-state index contributed by atoms with van der Waals surface area (Å²) < 4.78 is 34.1. The van der Waals surface area contributed by atoms with E-state index in [9.17, 15) is 8.42 Å². The molecule has 0 N–H and O–H groups in total. The van der Waals surface area contributed by atoms with Crippen molar-refractivity contribution in [1.82, 2.24) is 0 Å². The molecule has 0 atom stereocenters. The molecule has 1 aromatic carbocycles. The maximum absolute atomic E-state index is 11.7. The molecule has 0 unspecified atom stereocenters. The molecule has 1 aromatic rings. The van der Waals surface area contributed by atoms with Gasteiger partial charge in [0.1, 0.15) is 13.2 Å². The van der Waals surface area contributed by atoms with Gasteiger partial charge in [0.2, 0.25) is 0 Å². The second kappa shape index (κ2) is 4.14. The highest BCUT2D eigenvalue weighted by atomic mass is 35.5. The highest BCUT2D eigenvalue weighted by Gasteiger charge is 2.21. The lowest BCUT2D eigenvalue weighted by molar-refractivity contribution is 0.171. The SMILES string of the molecule is CCS(=O)(=O)c1cc2c(cc1Cl)OCCO2. The number of halogens is 1. The van der Waals surface area contributed by atoms with Crippen LogP contribution in [-0.2, 0) is 9.84 Å². The Hall–Kier alpha value is -0.940. The van der Waals surface area contributed by atoms with Crippen LogP contribution in [0.1, 0.15) is 6.92 Å². The number of hydrogen-bond acceptors (Lipinski definition) is 4. The molecule has 0 amide bonds. The molecule has 88 valence electrons. The van der Waals surface area contributed by atoms with Gasteiger partial charge >= 0.3 is 0 Å². The summed E-state index contributed by atoms with van der Waals surface area (Å²) in [6.07, 6.45) is 0. The van der Waals surface area contributed by atoms with E-state index >= 15 is 0 Å². The molecule has 4 nitrogen and oxygen atoms in total. The maximum Gasteiger partial charge on any atom is 0.179 e. The van der Waals surface area contributed by atoms with Gasteiger partial charge in [-0.3, -0.25) is 0 Å². The molecule has 1 aliphatic rings. The zero-order valence-corrected chi connectivity index (χ0v) is 10.3. The van der Waals surface area contributed by atoms with Crippen LogP contribution in [0, 0.1) is 0 Å². The van der Waals surface area contributed by atoms with E-state index in [1.807, 2.05) is 0 Å². The fraction of sp³-hybridized carbons (Fsp3) is 0.400. The average Bonchev–Trinajstić information content (AvgIpc) is 2.28. The molecule has 1 aliphatic heterocycles. The summed E-state index contributed by atoms with van der Waals surface area (Å²) in [5, 5.41) is 0.172. The first-order valence-electron chi connectivity index (χ1n) is 4.86. The van der Waals surface area contributed by atoms with Crippen LogP contribution < -0.4 is 9.47 Å². The van der Waals surface area contributed by atoms with Crippen molar-refractivity contribution in [2.24, 2.45) is 0 Å². The van der Waals surface area contributed by atoms with Crippen LogP contribution in [0.3, 0.4) is 0 Å². The van der Waals surface area contributed by atoms with Gasteiger partial charge in [-0.2, -0.15) is 0 Å². The molecule has 0 saturated carbocycles. The van der Waals surface area contributed by atoms with Crippen molar-refractivity contribution in [2.75, 3.05) is 19.0 Å². The lowest BCUT2D eigenvalue weighted by Crippen LogP contribution is -2.16. The Labute approximate surface area is 99.0 Å². The van der Waals surface area contributed by atoms with E-state index in [0.29, 0.717) is 24.7 Å². The minimum atomic E-state index is -3.33. The summed E-state index contributed by atoms with van der Waals surface area (Å²) in [6.45, 7) is 2.44. The predicted molar refractivity (Wildman–Crippen MR) is 60.2 cm³/mol. The van der Waals surface area contributed by atoms with Crippen molar-refractivity contribution in [1.29, 1.82) is 0 Å². The van der Waals surface area contributed by atoms with Crippen molar-refractivity contribution in [3.05, 3.63) is 17.2 Å². The van der Waals surface area contributed by atoms with Crippen molar-refractivity contribution >= 4 is 21.4 Å². The maximum atomic E-state index is 11.7. The summed E-state index contributed by atoms with van der Waals surface area (Å²) in [5.41, 5.74) is 0. The molecule has 0 aliphatic carbocycles. The Kier molecular flexibility index (Phi) is 2.99. The molecule has 2 rings (SSSR count). The average molecular weight is 263 g/mol. The number of fused-ring (bicyclic) bond motifs is 1. The number of benzene rings is 1. The largest absolute Gasteiger partial charge is 0.486 e. The molecule has 16 heavy (non-hydrogen) atoms. The lowest BCUT2D eigenvalue weighted by Gasteiger charge is -2.19. The van der Waals surface area contributed by atoms with Crippen LogP contribution in [0.4, 0.5) is 0 Å². The highest BCUT2D eigenvalue weighted by molar-refractivity contribution is 7.91. The molecule has 0 aromatic heterocycles. The number of rotatable bonds is 2. The molecule has 0 radical (unpaired) electrons. The third kappa shape index (κ3) is 1.97. The lowest BCUT2D eigenvalue weighted by atomic mass is 10.3. The first-order chi connectivity index (χ1) is 7.54. The second-order valence-electron chi connectivity index (χ2n) is 3.33. The number of sulfone groups is 1. The first-order valence-corrected chi connectivity index (χ1v) is 6.89. The van der Waals surface area contributed by atoms with E-state index in [-0.39, 0.29) is 15.7 Å². The van der Waals surface area contributed by atoms with E-state index in [0.717, 1.165) is 0 Å². The summed E-state index contributed by atoms with van der Waals surface area (Å²) in [7, 11) is -3.33. The highest BCUT2D eigenvalue weighted by Crippen LogP contribution is 2.37. The quantitative estimate of drug-likeness (QED) is 0.817. The van der Waals surface area contributed by atoms with Crippen molar-refractivity contribution in [3.63, 3.8) is 0 Å². The molecule has 6 heteroatoms. The summed E-state index contributed by atoms with van der Waals surface area (Å²) in [5.74, 6) is 0.931. The smallest absolute Gasteiger partial charge is 0.179 e. The van der Waals surface area contributed by atoms with Crippen molar-refractivity contribution in [2.45, 2.75) is 11.8 Å². The third-order valence-corrected chi connectivity index (χ3v) is 4.50. The number of ether oxygens (including phenoxy) is 2. The Bertz CT molecular complexity index is 510. The van der Waals surface area contributed by atoms with Gasteiger partial charge in [-0.25, -0.2) is 8.42 Å². The first kappa shape index (κ1) is 11.5. The molecule has 0 saturated heterocycles. The van der Waals surface area contributed by atoms with E-state index < -0.39 is 9.84 Å². The van der Waals surface area contributed by atoms with Gasteiger partial charge < -0.3 is 9.47 Å². The Balaban J connectivity index is 2.56. The van der Waals surface area contributed by atoms with E-state index in [1.165, 1.54) is 12.1 Å². The van der Waals surface area contributed by atoms with Gasteiger partial charge in [-0.1, -0.05) is 18.5 Å². The van der Waals surface area contributed by atoms with E-state index in [4.69, 9.17) is 21.1 Å². The minimum Gasteiger partial charge on any atom is -0.486 e. The summed E-state index contributed by atoms with van der Waals surface area (Å²) >= 11 is 5.91. The fourth-order valence-electron chi connectivity index (χ4n) is 1.44. The summed E-state index contributed by atoms with van der Waals surface area (Å²) in [4.78, 5) is 0.0981. The Morgan fingerprint density at radius 1 is 1.25 bits per heavy atom. The van der Waals surface area contributed by atoms with Crippen molar-refractivity contribution in [3.8, 4) is 11.5 Å². The summed E-state index contributed by atoms with van der Waals surface area (Å²) in [6, 6.07) is 2.91. The van der Waals surface area contributed by atoms with Gasteiger partial charge in [0.15, 0.2) is 21.3 Å². The Morgan fingerprint density at radius 2 is 1.81 bits per heavy atom. The minimum absolute atomic E-state index is 0.00631. The normalized spacial score (nSPS) is 14.9. The van der Waals surface area contributed by atoms with Crippen LogP contribution in [0.2, 0.25) is 5.02 Å². The van der Waals surface area contributed by atoms with Crippen LogP contribution in [0.5, 0.6) is 11.5 Å². The monoisotopic (exact) mass is 262 g/mol. The van der Waals surface area contributed by atoms with Gasteiger partial charge in [-0.05, 0) is 0 Å². The Morgan fingerprint density at radius 3 is 2.38 bits per heavy atom. The molecule has 0 fully saturated rings. The molecule has 0 bridgehead atoms. The molecule has 1 heterocycles. The van der Waals surface area contributed by atoms with Gasteiger partial charge in [0, 0.05) is 12.1 Å². The zero-order valence-electron chi connectivity index (χ0n) is 8.70. The third-order valence-electron chi connectivity index (χ3n) is 2.31. The van der Waals surface area contributed by atoms with Gasteiger partial charge in [0.05, 0.1) is 15.7 Å². The molecular formula is C10H11ClO4S. The zero-order chi connectivity index (χ0) is 11.8. The van der Waals surface area contributed by atoms with E-state index in [2.05, 4.69) is 0 Å². The number of hydrogen-bond donors (Lipinski definition) is 0. The van der Waals surface area contributed by atoms with Gasteiger partial charge in [-0.15, -0.1) is 0 Å². The van der Waals surface area contributed by atoms with E-state index in [1.54, 1.807) is 6.92 Å². The van der Waals surface area contributed by atoms with Crippen molar-refractivity contribution < 1.29 is 17.9 Å². The van der Waals surface area contributed by atoms with Crippen LogP contribution in [0.25, 0.3) is 0 Å².